The van der Waals surface area contributed by atoms with Gasteiger partial charge < -0.3 is 9.80 Å². The molecule has 8 heteroatoms. The topological polar surface area (TPSA) is 58.4 Å². The standard InChI is InChI=1S/C21H21FN4O2S/c22-14-4-6-15(7-5-14)24-8-10-25(11-9-24)18(27)12-26-13-23-20-19(21(26)28)16-2-1-3-17(16)29-20/h4-7,13H,1-3,8-12H2. The van der Waals surface area contributed by atoms with E-state index in [4.69, 9.17) is 0 Å². The Morgan fingerprint density at radius 1 is 1.10 bits per heavy atom. The first-order valence-corrected chi connectivity index (χ1v) is 10.7. The van der Waals surface area contributed by atoms with Gasteiger partial charge in [0.05, 0.1) is 11.7 Å². The molecule has 3 aromatic rings. The second-order valence-corrected chi connectivity index (χ2v) is 8.64. The Morgan fingerprint density at radius 3 is 2.62 bits per heavy atom. The minimum absolute atomic E-state index is 0.0168. The van der Waals surface area contributed by atoms with Crippen molar-refractivity contribution >= 4 is 33.1 Å². The first kappa shape index (κ1) is 18.3. The number of hydrogen-bond acceptors (Lipinski definition) is 5. The minimum atomic E-state index is -0.255. The van der Waals surface area contributed by atoms with Crippen molar-refractivity contribution in [1.29, 1.82) is 0 Å². The van der Waals surface area contributed by atoms with Crippen LogP contribution in [0.3, 0.4) is 0 Å². The molecule has 0 atom stereocenters. The van der Waals surface area contributed by atoms with E-state index in [-0.39, 0.29) is 23.8 Å². The Kier molecular flexibility index (Phi) is 4.58. The van der Waals surface area contributed by atoms with Crippen molar-refractivity contribution in [1.82, 2.24) is 14.5 Å². The molecule has 3 heterocycles. The van der Waals surface area contributed by atoms with Crippen molar-refractivity contribution in [3.63, 3.8) is 0 Å². The van der Waals surface area contributed by atoms with Gasteiger partial charge in [0.1, 0.15) is 17.2 Å². The molecule has 5 rings (SSSR count). The molecule has 1 saturated heterocycles. The SMILES string of the molecule is O=C(Cn1cnc2sc3c(c2c1=O)CCC3)N1CCN(c2ccc(F)cc2)CC1. The van der Waals surface area contributed by atoms with Gasteiger partial charge in [-0.05, 0) is 49.1 Å². The third kappa shape index (κ3) is 3.31. The van der Waals surface area contributed by atoms with E-state index in [1.807, 2.05) is 0 Å². The van der Waals surface area contributed by atoms with Crippen LogP contribution < -0.4 is 10.5 Å². The number of piperazine rings is 1. The fourth-order valence-electron chi connectivity index (χ4n) is 4.24. The zero-order valence-electron chi connectivity index (χ0n) is 15.9. The van der Waals surface area contributed by atoms with Crippen LogP contribution in [0.25, 0.3) is 10.2 Å². The average Bonchev–Trinajstić information content (AvgIpc) is 3.32. The number of carbonyl (C=O) groups is 1. The summed E-state index contributed by atoms with van der Waals surface area (Å²) in [6, 6.07) is 6.41. The normalized spacial score (nSPS) is 16.4. The number of fused-ring (bicyclic) bond motifs is 3. The molecular formula is C21H21FN4O2S. The second kappa shape index (κ2) is 7.26. The van der Waals surface area contributed by atoms with Crippen LogP contribution in [0.2, 0.25) is 0 Å². The third-order valence-electron chi connectivity index (χ3n) is 5.82. The molecule has 0 unspecified atom stereocenters. The molecule has 1 aliphatic heterocycles. The maximum absolute atomic E-state index is 13.1. The van der Waals surface area contributed by atoms with Gasteiger partial charge in [0.25, 0.3) is 5.56 Å². The summed E-state index contributed by atoms with van der Waals surface area (Å²) < 4.78 is 14.6. The molecule has 0 N–H and O–H groups in total. The van der Waals surface area contributed by atoms with E-state index in [9.17, 15) is 14.0 Å². The lowest BCUT2D eigenvalue weighted by molar-refractivity contribution is -0.132. The highest BCUT2D eigenvalue weighted by molar-refractivity contribution is 7.18. The summed E-state index contributed by atoms with van der Waals surface area (Å²) >= 11 is 1.61. The van der Waals surface area contributed by atoms with E-state index in [1.165, 1.54) is 27.9 Å². The van der Waals surface area contributed by atoms with E-state index in [1.54, 1.807) is 28.4 Å². The summed E-state index contributed by atoms with van der Waals surface area (Å²) in [6.07, 6.45) is 4.54. The summed E-state index contributed by atoms with van der Waals surface area (Å²) in [6.45, 7) is 2.54. The number of aryl methyl sites for hydroxylation is 2. The van der Waals surface area contributed by atoms with E-state index in [0.717, 1.165) is 35.3 Å². The summed E-state index contributed by atoms with van der Waals surface area (Å²) in [4.78, 5) is 36.2. The van der Waals surface area contributed by atoms with Gasteiger partial charge in [-0.1, -0.05) is 0 Å². The van der Waals surface area contributed by atoms with Gasteiger partial charge in [-0.2, -0.15) is 0 Å². The number of hydrogen-bond donors (Lipinski definition) is 0. The summed E-state index contributed by atoms with van der Waals surface area (Å²) in [7, 11) is 0. The van der Waals surface area contributed by atoms with E-state index in [0.29, 0.717) is 31.6 Å². The number of rotatable bonds is 3. The quantitative estimate of drug-likeness (QED) is 0.663. The van der Waals surface area contributed by atoms with Crippen LogP contribution in [-0.2, 0) is 24.2 Å². The summed E-state index contributed by atoms with van der Waals surface area (Å²) in [5.74, 6) is -0.325. The monoisotopic (exact) mass is 412 g/mol. The lowest BCUT2D eigenvalue weighted by Crippen LogP contribution is -2.50. The van der Waals surface area contributed by atoms with Gasteiger partial charge in [-0.3, -0.25) is 14.2 Å². The fourth-order valence-corrected chi connectivity index (χ4v) is 5.46. The van der Waals surface area contributed by atoms with Crippen molar-refractivity contribution in [3.05, 3.63) is 57.2 Å². The predicted octanol–water partition coefficient (Wildman–Crippen LogP) is 2.43. The molecule has 0 radical (unpaired) electrons. The van der Waals surface area contributed by atoms with Crippen LogP contribution in [0.15, 0.2) is 35.4 Å². The molecule has 0 bridgehead atoms. The van der Waals surface area contributed by atoms with Gasteiger partial charge in [-0.25, -0.2) is 9.37 Å². The lowest BCUT2D eigenvalue weighted by atomic mass is 10.2. The lowest BCUT2D eigenvalue weighted by Gasteiger charge is -2.36. The zero-order chi connectivity index (χ0) is 20.0. The molecule has 1 aromatic carbocycles. The van der Waals surface area contributed by atoms with Crippen LogP contribution in [-0.4, -0.2) is 46.5 Å². The molecular weight excluding hydrogens is 391 g/mol. The number of anilines is 1. The van der Waals surface area contributed by atoms with Crippen molar-refractivity contribution in [2.45, 2.75) is 25.8 Å². The number of benzene rings is 1. The van der Waals surface area contributed by atoms with E-state index >= 15 is 0 Å². The summed E-state index contributed by atoms with van der Waals surface area (Å²) in [5, 5.41) is 0.707. The summed E-state index contributed by atoms with van der Waals surface area (Å²) in [5.41, 5.74) is 1.99. The average molecular weight is 412 g/mol. The van der Waals surface area contributed by atoms with Crippen LogP contribution >= 0.6 is 11.3 Å². The molecule has 1 amide bonds. The van der Waals surface area contributed by atoms with E-state index in [2.05, 4.69) is 9.88 Å². The van der Waals surface area contributed by atoms with Gasteiger partial charge in [0, 0.05) is 36.7 Å². The first-order valence-electron chi connectivity index (χ1n) is 9.88. The van der Waals surface area contributed by atoms with E-state index < -0.39 is 0 Å². The van der Waals surface area contributed by atoms with Crippen LogP contribution in [0.4, 0.5) is 10.1 Å². The Morgan fingerprint density at radius 2 is 1.86 bits per heavy atom. The molecule has 0 saturated carbocycles. The smallest absolute Gasteiger partial charge is 0.262 e. The number of nitrogens with zero attached hydrogens (tertiary/aromatic N) is 4. The zero-order valence-corrected chi connectivity index (χ0v) is 16.8. The molecule has 150 valence electrons. The van der Waals surface area contributed by atoms with Crippen LogP contribution in [0, 0.1) is 5.82 Å². The number of thiophene rings is 1. The number of halogens is 1. The van der Waals surface area contributed by atoms with Crippen molar-refractivity contribution in [2.75, 3.05) is 31.1 Å². The Balaban J connectivity index is 1.28. The Hall–Kier alpha value is -2.74. The fraction of sp³-hybridized carbons (Fsp3) is 0.381. The van der Waals surface area contributed by atoms with Gasteiger partial charge in [-0.15, -0.1) is 11.3 Å². The first-order chi connectivity index (χ1) is 14.1. The number of aromatic nitrogens is 2. The number of carbonyl (C=O) groups excluding carboxylic acids is 1. The highest BCUT2D eigenvalue weighted by atomic mass is 32.1. The molecule has 29 heavy (non-hydrogen) atoms. The minimum Gasteiger partial charge on any atom is -0.368 e. The van der Waals surface area contributed by atoms with Gasteiger partial charge in [0.2, 0.25) is 5.91 Å². The Bertz CT molecular complexity index is 1130. The molecule has 6 nitrogen and oxygen atoms in total. The highest BCUT2D eigenvalue weighted by Gasteiger charge is 2.24. The van der Waals surface area contributed by atoms with Gasteiger partial charge in [0.15, 0.2) is 0 Å². The maximum atomic E-state index is 13.1. The molecule has 2 aliphatic rings. The predicted molar refractivity (Wildman–Crippen MR) is 111 cm³/mol. The largest absolute Gasteiger partial charge is 0.368 e. The second-order valence-electron chi connectivity index (χ2n) is 7.56. The third-order valence-corrected chi connectivity index (χ3v) is 7.02. The molecule has 0 spiro atoms. The molecule has 1 aliphatic carbocycles. The van der Waals surface area contributed by atoms with Crippen LogP contribution in [0.5, 0.6) is 0 Å². The van der Waals surface area contributed by atoms with Gasteiger partial charge >= 0.3 is 0 Å². The van der Waals surface area contributed by atoms with Crippen LogP contribution in [0.1, 0.15) is 16.9 Å². The highest BCUT2D eigenvalue weighted by Crippen LogP contribution is 2.34. The van der Waals surface area contributed by atoms with Crippen molar-refractivity contribution in [3.8, 4) is 0 Å². The molecule has 2 aromatic heterocycles. The van der Waals surface area contributed by atoms with Crippen molar-refractivity contribution in [2.24, 2.45) is 0 Å². The maximum Gasteiger partial charge on any atom is 0.262 e. The number of amides is 1. The van der Waals surface area contributed by atoms with Crippen molar-refractivity contribution < 1.29 is 9.18 Å². The Labute approximate surface area is 171 Å². The molecule has 1 fully saturated rings.